The molecule has 6 heteroatoms. The van der Waals surface area contributed by atoms with Crippen LogP contribution in [-0.2, 0) is 19.3 Å². The molecule has 2 aromatic carbocycles. The first-order chi connectivity index (χ1) is 15.6. The van der Waals surface area contributed by atoms with Gasteiger partial charge in [-0.15, -0.1) is 0 Å². The third kappa shape index (κ3) is 7.00. The molecule has 1 aliphatic carbocycles. The van der Waals surface area contributed by atoms with Crippen molar-refractivity contribution in [3.05, 3.63) is 70.0 Å². The van der Waals surface area contributed by atoms with E-state index in [1.807, 2.05) is 6.07 Å². The first kappa shape index (κ1) is 25.6. The van der Waals surface area contributed by atoms with Crippen LogP contribution in [0.1, 0.15) is 80.5 Å². The van der Waals surface area contributed by atoms with E-state index in [1.54, 1.807) is 12.1 Å². The van der Waals surface area contributed by atoms with Crippen molar-refractivity contribution < 1.29 is 26.3 Å². The lowest BCUT2D eigenvalue weighted by Crippen LogP contribution is -2.19. The van der Waals surface area contributed by atoms with Crippen molar-refractivity contribution in [3.8, 4) is 0 Å². The van der Waals surface area contributed by atoms with Crippen LogP contribution in [0.3, 0.4) is 0 Å². The molecule has 0 radical (unpaired) electrons. The molecule has 2 aromatic rings. The summed E-state index contributed by atoms with van der Waals surface area (Å²) < 4.78 is 80.3. The summed E-state index contributed by atoms with van der Waals surface area (Å²) in [5, 5.41) is 0. The van der Waals surface area contributed by atoms with E-state index in [4.69, 9.17) is 0 Å². The third-order valence-corrected chi connectivity index (χ3v) is 7.13. The highest BCUT2D eigenvalue weighted by atomic mass is 19.4. The lowest BCUT2D eigenvalue weighted by molar-refractivity contribution is -0.128. The van der Waals surface area contributed by atoms with Crippen molar-refractivity contribution in [2.24, 2.45) is 11.8 Å². The second-order valence-corrected chi connectivity index (χ2v) is 9.56. The molecule has 0 aliphatic heterocycles. The fraction of sp³-hybridized carbons (Fsp3) is 0.556. The second kappa shape index (κ2) is 11.0. The summed E-state index contributed by atoms with van der Waals surface area (Å²) in [5.74, 6) is -0.962. The summed E-state index contributed by atoms with van der Waals surface area (Å²) in [4.78, 5) is 0. The van der Waals surface area contributed by atoms with Crippen molar-refractivity contribution in [1.29, 1.82) is 0 Å². The first-order valence-electron chi connectivity index (χ1n) is 11.9. The Morgan fingerprint density at radius 3 is 2.06 bits per heavy atom. The number of benzene rings is 2. The molecule has 0 saturated heterocycles. The molecule has 33 heavy (non-hydrogen) atoms. The van der Waals surface area contributed by atoms with Gasteiger partial charge in [0, 0.05) is 5.56 Å². The number of hydrogen-bond acceptors (Lipinski definition) is 0. The Kier molecular flexibility index (Phi) is 8.52. The first-order valence-corrected chi connectivity index (χ1v) is 11.9. The van der Waals surface area contributed by atoms with Crippen LogP contribution in [0.5, 0.6) is 0 Å². The van der Waals surface area contributed by atoms with Gasteiger partial charge in [-0.2, -0.15) is 13.2 Å². The fourth-order valence-corrected chi connectivity index (χ4v) is 5.18. The zero-order valence-corrected chi connectivity index (χ0v) is 19.3. The number of alkyl halides is 3. The zero-order valence-electron chi connectivity index (χ0n) is 19.3. The molecule has 0 aromatic heterocycles. The van der Waals surface area contributed by atoms with E-state index >= 15 is 0 Å². The number of aryl methyl sites for hydroxylation is 2. The highest BCUT2D eigenvalue weighted by Gasteiger charge is 2.31. The molecule has 182 valence electrons. The van der Waals surface area contributed by atoms with Crippen LogP contribution in [0.2, 0.25) is 0 Å². The predicted octanol–water partition coefficient (Wildman–Crippen LogP) is 8.70. The monoisotopic (exact) mass is 470 g/mol. The second-order valence-electron chi connectivity index (χ2n) is 9.56. The summed E-state index contributed by atoms with van der Waals surface area (Å²) >= 11 is 0. The van der Waals surface area contributed by atoms with Crippen LogP contribution in [0.25, 0.3) is 0 Å². The molecule has 0 N–H and O–H groups in total. The van der Waals surface area contributed by atoms with E-state index in [0.29, 0.717) is 11.5 Å². The summed E-state index contributed by atoms with van der Waals surface area (Å²) in [5.41, 5.74) is 0.648. The topological polar surface area (TPSA) is 0 Å². The molecule has 1 atom stereocenters. The normalized spacial score (nSPS) is 20.1. The molecule has 1 unspecified atom stereocenters. The maximum Gasteiger partial charge on any atom is 0.393 e. The van der Waals surface area contributed by atoms with Gasteiger partial charge in [-0.25, -0.2) is 13.2 Å². The molecule has 0 bridgehead atoms. The van der Waals surface area contributed by atoms with Crippen LogP contribution < -0.4 is 0 Å². The number of hydrogen-bond donors (Lipinski definition) is 0. The number of halogens is 6. The van der Waals surface area contributed by atoms with Gasteiger partial charge < -0.3 is 0 Å². The van der Waals surface area contributed by atoms with Gasteiger partial charge in [0.15, 0.2) is 0 Å². The Bertz CT molecular complexity index is 902. The van der Waals surface area contributed by atoms with Crippen molar-refractivity contribution in [2.45, 2.75) is 83.7 Å². The standard InChI is InChI=1S/C27H32F6/c1-3-4-17(2)19-7-9-20(10-8-19)22-12-11-21(24(28)15-22)6-5-18-13-25(29)23(26(30)14-18)16-27(31,32)33/h11-15,17,19-20H,3-10,16H2,1-2H3. The van der Waals surface area contributed by atoms with E-state index in [1.165, 1.54) is 12.8 Å². The van der Waals surface area contributed by atoms with E-state index in [2.05, 4.69) is 13.8 Å². The third-order valence-electron chi connectivity index (χ3n) is 7.13. The zero-order chi connectivity index (χ0) is 24.2. The molecule has 1 fully saturated rings. The van der Waals surface area contributed by atoms with Gasteiger partial charge in [0.1, 0.15) is 17.5 Å². The van der Waals surface area contributed by atoms with E-state index in [9.17, 15) is 26.3 Å². The Morgan fingerprint density at radius 1 is 0.879 bits per heavy atom. The van der Waals surface area contributed by atoms with Gasteiger partial charge in [0.05, 0.1) is 6.42 Å². The summed E-state index contributed by atoms with van der Waals surface area (Å²) in [6.45, 7) is 4.53. The van der Waals surface area contributed by atoms with Gasteiger partial charge in [-0.05, 0) is 91.2 Å². The Morgan fingerprint density at radius 2 is 1.52 bits per heavy atom. The highest BCUT2D eigenvalue weighted by Crippen LogP contribution is 2.40. The van der Waals surface area contributed by atoms with Crippen LogP contribution in [0.15, 0.2) is 30.3 Å². The lowest BCUT2D eigenvalue weighted by atomic mass is 9.73. The molecule has 1 saturated carbocycles. The fourth-order valence-electron chi connectivity index (χ4n) is 5.18. The van der Waals surface area contributed by atoms with Gasteiger partial charge in [-0.1, -0.05) is 38.8 Å². The van der Waals surface area contributed by atoms with Gasteiger partial charge in [0.25, 0.3) is 0 Å². The van der Waals surface area contributed by atoms with Crippen molar-refractivity contribution in [2.75, 3.05) is 0 Å². The summed E-state index contributed by atoms with van der Waals surface area (Å²) in [6.07, 6.45) is 0.888. The molecule has 3 rings (SSSR count). The average Bonchev–Trinajstić information content (AvgIpc) is 2.75. The van der Waals surface area contributed by atoms with Crippen molar-refractivity contribution in [3.63, 3.8) is 0 Å². The minimum atomic E-state index is -4.69. The van der Waals surface area contributed by atoms with E-state index in [-0.39, 0.29) is 24.2 Å². The minimum Gasteiger partial charge on any atom is -0.207 e. The maximum atomic E-state index is 14.7. The van der Waals surface area contributed by atoms with Crippen LogP contribution in [0.4, 0.5) is 26.3 Å². The summed E-state index contributed by atoms with van der Waals surface area (Å²) in [7, 11) is 0. The van der Waals surface area contributed by atoms with Crippen LogP contribution >= 0.6 is 0 Å². The van der Waals surface area contributed by atoms with Crippen molar-refractivity contribution in [1.82, 2.24) is 0 Å². The predicted molar refractivity (Wildman–Crippen MR) is 119 cm³/mol. The molecule has 1 aliphatic rings. The minimum absolute atomic E-state index is 0.136. The molecule has 0 nitrogen and oxygen atoms in total. The van der Waals surface area contributed by atoms with Crippen LogP contribution in [-0.4, -0.2) is 6.18 Å². The summed E-state index contributed by atoms with van der Waals surface area (Å²) in [6, 6.07) is 7.06. The molecule has 0 heterocycles. The van der Waals surface area contributed by atoms with E-state index < -0.39 is 29.8 Å². The van der Waals surface area contributed by atoms with Gasteiger partial charge in [0.2, 0.25) is 0 Å². The van der Waals surface area contributed by atoms with Crippen molar-refractivity contribution >= 4 is 0 Å². The lowest BCUT2D eigenvalue weighted by Gasteiger charge is -2.32. The average molecular weight is 471 g/mol. The van der Waals surface area contributed by atoms with E-state index in [0.717, 1.165) is 55.2 Å². The molecular weight excluding hydrogens is 438 g/mol. The largest absolute Gasteiger partial charge is 0.393 e. The Hall–Kier alpha value is -1.98. The SMILES string of the molecule is CCCC(C)C1CCC(c2ccc(CCc3cc(F)c(CC(F)(F)F)c(F)c3)c(F)c2)CC1. The molecule has 0 spiro atoms. The number of rotatable bonds is 8. The van der Waals surface area contributed by atoms with Gasteiger partial charge in [-0.3, -0.25) is 0 Å². The quantitative estimate of drug-likeness (QED) is 0.339. The maximum absolute atomic E-state index is 14.7. The smallest absolute Gasteiger partial charge is 0.207 e. The molecular formula is C27H32F6. The Labute approximate surface area is 192 Å². The van der Waals surface area contributed by atoms with Crippen LogP contribution in [0, 0.1) is 29.3 Å². The van der Waals surface area contributed by atoms with Gasteiger partial charge >= 0.3 is 6.18 Å². The Balaban J connectivity index is 1.60. The molecule has 0 amide bonds. The highest BCUT2D eigenvalue weighted by molar-refractivity contribution is 5.30.